The van der Waals surface area contributed by atoms with Crippen LogP contribution in [-0.4, -0.2) is 47.3 Å². The van der Waals surface area contributed by atoms with Gasteiger partial charge in [-0.2, -0.15) is 0 Å². The van der Waals surface area contributed by atoms with Gasteiger partial charge in [0.05, 0.1) is 37.8 Å². The van der Waals surface area contributed by atoms with Gasteiger partial charge in [-0.3, -0.25) is 0 Å². The molecule has 0 radical (unpaired) electrons. The molecule has 0 aliphatic heterocycles. The van der Waals surface area contributed by atoms with Crippen molar-refractivity contribution in [1.82, 2.24) is 25.3 Å². The van der Waals surface area contributed by atoms with Crippen molar-refractivity contribution in [3.05, 3.63) is 35.8 Å². The molecule has 0 spiro atoms. The van der Waals surface area contributed by atoms with E-state index in [1.165, 1.54) is 0 Å². The highest BCUT2D eigenvalue weighted by Gasteiger charge is 2.03. The van der Waals surface area contributed by atoms with Crippen LogP contribution in [-0.2, 0) is 17.8 Å². The van der Waals surface area contributed by atoms with Crippen LogP contribution < -0.4 is 10.1 Å². The third kappa shape index (κ3) is 4.29. The molecule has 7 nitrogen and oxygen atoms in total. The van der Waals surface area contributed by atoms with Crippen molar-refractivity contribution in [1.29, 1.82) is 0 Å². The summed E-state index contributed by atoms with van der Waals surface area (Å²) in [5.74, 6) is 0.601. The van der Waals surface area contributed by atoms with Gasteiger partial charge in [-0.05, 0) is 6.07 Å². The summed E-state index contributed by atoms with van der Waals surface area (Å²) in [6, 6.07) is 5.65. The van der Waals surface area contributed by atoms with Crippen LogP contribution in [0.2, 0.25) is 0 Å². The molecule has 2 aromatic heterocycles. The van der Waals surface area contributed by atoms with Gasteiger partial charge in [0.2, 0.25) is 5.88 Å². The first-order chi connectivity index (χ1) is 9.81. The van der Waals surface area contributed by atoms with Crippen molar-refractivity contribution >= 4 is 0 Å². The lowest BCUT2D eigenvalue weighted by atomic mass is 10.3. The summed E-state index contributed by atoms with van der Waals surface area (Å²) >= 11 is 0. The zero-order valence-electron chi connectivity index (χ0n) is 11.7. The molecule has 0 amide bonds. The summed E-state index contributed by atoms with van der Waals surface area (Å²) in [7, 11) is 3.28. The quantitative estimate of drug-likeness (QED) is 0.707. The zero-order chi connectivity index (χ0) is 14.2. The Labute approximate surface area is 117 Å². The lowest BCUT2D eigenvalue weighted by Gasteiger charge is -2.03. The fourth-order valence-corrected chi connectivity index (χ4v) is 1.71. The second-order valence-corrected chi connectivity index (χ2v) is 4.25. The molecule has 7 heteroatoms. The van der Waals surface area contributed by atoms with Gasteiger partial charge in [0.1, 0.15) is 0 Å². The van der Waals surface area contributed by atoms with E-state index in [1.807, 2.05) is 24.4 Å². The van der Waals surface area contributed by atoms with Gasteiger partial charge in [0, 0.05) is 26.3 Å². The van der Waals surface area contributed by atoms with Crippen molar-refractivity contribution in [3.63, 3.8) is 0 Å². The maximum Gasteiger partial charge on any atom is 0.213 e. The minimum atomic E-state index is 0.572. The maximum absolute atomic E-state index is 5.10. The number of rotatable bonds is 8. The van der Waals surface area contributed by atoms with Crippen molar-refractivity contribution in [2.45, 2.75) is 13.1 Å². The first-order valence-electron chi connectivity index (χ1n) is 6.40. The number of pyridine rings is 1. The fraction of sp³-hybridized carbons (Fsp3) is 0.462. The molecule has 0 saturated heterocycles. The summed E-state index contributed by atoms with van der Waals surface area (Å²) in [5.41, 5.74) is 1.78. The average Bonchev–Trinajstić information content (AvgIpc) is 2.91. The Bertz CT molecular complexity index is 529. The third-order valence-electron chi connectivity index (χ3n) is 2.69. The molecule has 0 atom stereocenters. The first kappa shape index (κ1) is 14.4. The molecule has 2 rings (SSSR count). The molecule has 0 bridgehead atoms. The minimum absolute atomic E-state index is 0.572. The summed E-state index contributed by atoms with van der Waals surface area (Å²) in [6.45, 7) is 2.72. The van der Waals surface area contributed by atoms with Crippen LogP contribution in [0.1, 0.15) is 11.4 Å². The molecule has 0 fully saturated rings. The van der Waals surface area contributed by atoms with Gasteiger partial charge in [0.25, 0.3) is 0 Å². The van der Waals surface area contributed by atoms with Crippen molar-refractivity contribution < 1.29 is 9.47 Å². The number of hydrogen-bond donors (Lipinski definition) is 1. The average molecular weight is 277 g/mol. The van der Waals surface area contributed by atoms with Crippen LogP contribution in [0.15, 0.2) is 24.4 Å². The van der Waals surface area contributed by atoms with Gasteiger partial charge in [0.15, 0.2) is 0 Å². The second-order valence-electron chi connectivity index (χ2n) is 4.25. The van der Waals surface area contributed by atoms with Gasteiger partial charge in [-0.25, -0.2) is 9.67 Å². The monoisotopic (exact) mass is 277 g/mol. The maximum atomic E-state index is 5.10. The smallest absolute Gasteiger partial charge is 0.213 e. The van der Waals surface area contributed by atoms with Gasteiger partial charge < -0.3 is 14.8 Å². The number of nitrogens with one attached hydrogen (secondary N) is 1. The summed E-state index contributed by atoms with van der Waals surface area (Å²) in [6.07, 6.45) is 1.90. The molecule has 0 aliphatic carbocycles. The molecule has 0 aromatic carbocycles. The Morgan fingerprint density at radius 2 is 2.15 bits per heavy atom. The first-order valence-corrected chi connectivity index (χ1v) is 6.40. The Morgan fingerprint density at radius 3 is 2.95 bits per heavy atom. The normalized spacial score (nSPS) is 10.7. The van der Waals surface area contributed by atoms with E-state index in [0.29, 0.717) is 25.6 Å². The molecule has 2 heterocycles. The number of nitrogens with zero attached hydrogens (tertiary/aromatic N) is 4. The van der Waals surface area contributed by atoms with E-state index in [2.05, 4.69) is 20.6 Å². The molecule has 108 valence electrons. The SMILES string of the molecule is COCCNCc1cn(Cc2cccc(OC)n2)nn1. The topological polar surface area (TPSA) is 74.1 Å². The van der Waals surface area contributed by atoms with Gasteiger partial charge >= 0.3 is 0 Å². The highest BCUT2D eigenvalue weighted by Crippen LogP contribution is 2.07. The van der Waals surface area contributed by atoms with E-state index in [4.69, 9.17) is 9.47 Å². The van der Waals surface area contributed by atoms with Gasteiger partial charge in [-0.1, -0.05) is 11.3 Å². The molecule has 0 aliphatic rings. The lowest BCUT2D eigenvalue weighted by Crippen LogP contribution is -2.18. The number of aromatic nitrogens is 4. The van der Waals surface area contributed by atoms with Crippen molar-refractivity contribution in [3.8, 4) is 5.88 Å². The Morgan fingerprint density at radius 1 is 1.25 bits per heavy atom. The van der Waals surface area contributed by atoms with Crippen LogP contribution in [0, 0.1) is 0 Å². The van der Waals surface area contributed by atoms with Crippen LogP contribution >= 0.6 is 0 Å². The predicted molar refractivity (Wildman–Crippen MR) is 73.5 cm³/mol. The van der Waals surface area contributed by atoms with E-state index < -0.39 is 0 Å². The second kappa shape index (κ2) is 7.56. The number of methoxy groups -OCH3 is 2. The Balaban J connectivity index is 1.88. The molecule has 0 unspecified atom stereocenters. The van der Waals surface area contributed by atoms with Crippen molar-refractivity contribution in [2.24, 2.45) is 0 Å². The molecule has 0 saturated carbocycles. The van der Waals surface area contributed by atoms with E-state index in [9.17, 15) is 0 Å². The summed E-state index contributed by atoms with van der Waals surface area (Å²) < 4.78 is 11.8. The van der Waals surface area contributed by atoms with Crippen LogP contribution in [0.25, 0.3) is 0 Å². The molecule has 2 aromatic rings. The van der Waals surface area contributed by atoms with E-state index in [-0.39, 0.29) is 0 Å². The number of ether oxygens (including phenoxy) is 2. The predicted octanol–water partition coefficient (Wildman–Crippen LogP) is 0.466. The largest absolute Gasteiger partial charge is 0.481 e. The van der Waals surface area contributed by atoms with E-state index >= 15 is 0 Å². The van der Waals surface area contributed by atoms with Crippen molar-refractivity contribution in [2.75, 3.05) is 27.4 Å². The van der Waals surface area contributed by atoms with Crippen LogP contribution in [0.3, 0.4) is 0 Å². The van der Waals surface area contributed by atoms with E-state index in [0.717, 1.165) is 17.9 Å². The van der Waals surface area contributed by atoms with E-state index in [1.54, 1.807) is 18.9 Å². The molecular formula is C13H19N5O2. The standard InChI is InChI=1S/C13H19N5O2/c1-19-7-6-14-8-12-10-18(17-16-12)9-11-4-3-5-13(15-11)20-2/h3-5,10,14H,6-9H2,1-2H3. The Hall–Kier alpha value is -1.99. The van der Waals surface area contributed by atoms with Crippen LogP contribution in [0.4, 0.5) is 0 Å². The minimum Gasteiger partial charge on any atom is -0.481 e. The summed E-state index contributed by atoms with van der Waals surface area (Å²) in [4.78, 5) is 4.34. The molecule has 20 heavy (non-hydrogen) atoms. The highest BCUT2D eigenvalue weighted by atomic mass is 16.5. The highest BCUT2D eigenvalue weighted by molar-refractivity contribution is 5.15. The lowest BCUT2D eigenvalue weighted by molar-refractivity contribution is 0.199. The molecule has 1 N–H and O–H groups in total. The third-order valence-corrected chi connectivity index (χ3v) is 2.69. The zero-order valence-corrected chi connectivity index (χ0v) is 11.7. The van der Waals surface area contributed by atoms with Gasteiger partial charge in [-0.15, -0.1) is 5.10 Å². The molecular weight excluding hydrogens is 258 g/mol. The Kier molecular flexibility index (Phi) is 5.45. The van der Waals surface area contributed by atoms with Crippen LogP contribution in [0.5, 0.6) is 5.88 Å². The number of hydrogen-bond acceptors (Lipinski definition) is 6. The summed E-state index contributed by atoms with van der Waals surface area (Å²) in [5, 5.41) is 11.4. The fourth-order valence-electron chi connectivity index (χ4n) is 1.71.